The molecule has 4 unspecified atom stereocenters. The van der Waals surface area contributed by atoms with Crippen LogP contribution < -0.4 is 5.73 Å². The van der Waals surface area contributed by atoms with Gasteiger partial charge in [0.15, 0.2) is 0 Å². The highest BCUT2D eigenvalue weighted by molar-refractivity contribution is 5.22. The van der Waals surface area contributed by atoms with Crippen molar-refractivity contribution >= 4 is 0 Å². The van der Waals surface area contributed by atoms with E-state index in [0.717, 1.165) is 31.6 Å². The second kappa shape index (κ2) is 5.80. The van der Waals surface area contributed by atoms with Crippen LogP contribution in [0.3, 0.4) is 0 Å². The topological polar surface area (TPSA) is 38.5 Å². The highest BCUT2D eigenvalue weighted by atomic mass is 19.1. The zero-order valence-corrected chi connectivity index (χ0v) is 12.0. The van der Waals surface area contributed by atoms with Crippen molar-refractivity contribution in [1.82, 2.24) is 4.90 Å². The quantitative estimate of drug-likeness (QED) is 0.923. The molecule has 0 amide bonds. The van der Waals surface area contributed by atoms with E-state index in [2.05, 4.69) is 4.90 Å². The average molecular weight is 278 g/mol. The zero-order chi connectivity index (χ0) is 14.1. The van der Waals surface area contributed by atoms with Crippen molar-refractivity contribution in [2.75, 3.05) is 13.2 Å². The summed E-state index contributed by atoms with van der Waals surface area (Å²) in [7, 11) is 0. The maximum atomic E-state index is 13.5. The van der Waals surface area contributed by atoms with Crippen molar-refractivity contribution in [3.8, 4) is 0 Å². The summed E-state index contributed by atoms with van der Waals surface area (Å²) in [4.78, 5) is 2.45. The Kier molecular flexibility index (Phi) is 4.06. The van der Waals surface area contributed by atoms with Gasteiger partial charge < -0.3 is 10.5 Å². The molecule has 2 N–H and O–H groups in total. The van der Waals surface area contributed by atoms with Gasteiger partial charge in [-0.1, -0.05) is 12.1 Å². The summed E-state index contributed by atoms with van der Waals surface area (Å²) in [6.07, 6.45) is 3.83. The minimum atomic E-state index is -0.190. The van der Waals surface area contributed by atoms with E-state index in [1.165, 1.54) is 12.5 Å². The summed E-state index contributed by atoms with van der Waals surface area (Å²) < 4.78 is 19.4. The maximum absolute atomic E-state index is 13.5. The molecular weight excluding hydrogens is 255 g/mol. The smallest absolute Gasteiger partial charge is 0.123 e. The van der Waals surface area contributed by atoms with Gasteiger partial charge in [-0.15, -0.1) is 0 Å². The molecule has 0 spiro atoms. The third-order valence-corrected chi connectivity index (χ3v) is 4.57. The third-order valence-electron chi connectivity index (χ3n) is 4.57. The van der Waals surface area contributed by atoms with E-state index < -0.39 is 0 Å². The van der Waals surface area contributed by atoms with Crippen molar-refractivity contribution in [2.24, 2.45) is 5.73 Å². The van der Waals surface area contributed by atoms with Gasteiger partial charge in [0.1, 0.15) is 5.82 Å². The summed E-state index contributed by atoms with van der Waals surface area (Å²) in [6, 6.07) is 7.33. The van der Waals surface area contributed by atoms with E-state index in [1.807, 2.05) is 13.0 Å². The average Bonchev–Trinajstić information content (AvgIpc) is 2.88. The number of nitrogens with two attached hydrogens (primary N) is 1. The normalized spacial score (nSPS) is 29.9. The van der Waals surface area contributed by atoms with Gasteiger partial charge in [0.2, 0.25) is 0 Å². The number of nitrogens with zero attached hydrogens (tertiary/aromatic N) is 1. The van der Waals surface area contributed by atoms with Crippen LogP contribution in [0.5, 0.6) is 0 Å². The Bertz CT molecular complexity index is 466. The molecule has 1 saturated heterocycles. The highest BCUT2D eigenvalue weighted by Gasteiger charge is 2.40. The zero-order valence-electron chi connectivity index (χ0n) is 12.0. The van der Waals surface area contributed by atoms with E-state index >= 15 is 0 Å². The largest absolute Gasteiger partial charge is 0.375 e. The van der Waals surface area contributed by atoms with Crippen LogP contribution in [0.2, 0.25) is 0 Å². The molecule has 1 aromatic carbocycles. The molecule has 2 fully saturated rings. The summed E-state index contributed by atoms with van der Waals surface area (Å²) in [5.74, 6) is -0.190. The van der Waals surface area contributed by atoms with Gasteiger partial charge in [0.25, 0.3) is 0 Å². The van der Waals surface area contributed by atoms with Gasteiger partial charge in [-0.25, -0.2) is 4.39 Å². The fourth-order valence-corrected chi connectivity index (χ4v) is 3.79. The van der Waals surface area contributed by atoms with Gasteiger partial charge in [-0.05, 0) is 43.9 Å². The SMILES string of the molecule is CC(N)C(c1cccc(F)c1)N1CCOC2CCCC21. The molecule has 1 saturated carbocycles. The maximum Gasteiger partial charge on any atom is 0.123 e. The Morgan fingerprint density at radius 2 is 2.25 bits per heavy atom. The lowest BCUT2D eigenvalue weighted by Gasteiger charge is -2.44. The minimum absolute atomic E-state index is 0.0313. The lowest BCUT2D eigenvalue weighted by Crippen LogP contribution is -2.53. The number of fused-ring (bicyclic) bond motifs is 1. The van der Waals surface area contributed by atoms with E-state index in [4.69, 9.17) is 10.5 Å². The Labute approximate surface area is 119 Å². The number of morpholine rings is 1. The summed E-state index contributed by atoms with van der Waals surface area (Å²) in [5.41, 5.74) is 7.21. The van der Waals surface area contributed by atoms with Crippen LogP contribution in [0.15, 0.2) is 24.3 Å². The van der Waals surface area contributed by atoms with E-state index in [-0.39, 0.29) is 17.9 Å². The number of hydrogen-bond donors (Lipinski definition) is 1. The van der Waals surface area contributed by atoms with Crippen molar-refractivity contribution < 1.29 is 9.13 Å². The number of ether oxygens (including phenoxy) is 1. The summed E-state index contributed by atoms with van der Waals surface area (Å²) >= 11 is 0. The first-order valence-corrected chi connectivity index (χ1v) is 7.55. The molecule has 0 bridgehead atoms. The van der Waals surface area contributed by atoms with Crippen molar-refractivity contribution in [3.05, 3.63) is 35.6 Å². The second-order valence-electron chi connectivity index (χ2n) is 6.00. The van der Waals surface area contributed by atoms with E-state index in [9.17, 15) is 4.39 Å². The number of hydrogen-bond acceptors (Lipinski definition) is 3. The van der Waals surface area contributed by atoms with Crippen LogP contribution in [-0.4, -0.2) is 36.2 Å². The van der Waals surface area contributed by atoms with Crippen molar-refractivity contribution in [3.63, 3.8) is 0 Å². The van der Waals surface area contributed by atoms with E-state index in [1.54, 1.807) is 12.1 Å². The molecule has 0 aromatic heterocycles. The molecule has 20 heavy (non-hydrogen) atoms. The molecule has 1 heterocycles. The first kappa shape index (κ1) is 14.0. The number of rotatable bonds is 3. The lowest BCUT2D eigenvalue weighted by atomic mass is 9.95. The third kappa shape index (κ3) is 2.60. The molecule has 1 aliphatic heterocycles. The Balaban J connectivity index is 1.90. The minimum Gasteiger partial charge on any atom is -0.375 e. The first-order chi connectivity index (χ1) is 9.66. The molecule has 4 heteroatoms. The molecule has 3 rings (SSSR count). The highest BCUT2D eigenvalue weighted by Crippen LogP contribution is 2.36. The van der Waals surface area contributed by atoms with Crippen LogP contribution in [0.4, 0.5) is 4.39 Å². The molecule has 2 aliphatic rings. The second-order valence-corrected chi connectivity index (χ2v) is 6.00. The monoisotopic (exact) mass is 278 g/mol. The van der Waals surface area contributed by atoms with Crippen LogP contribution in [0.25, 0.3) is 0 Å². The summed E-state index contributed by atoms with van der Waals surface area (Å²) in [5, 5.41) is 0. The van der Waals surface area contributed by atoms with Gasteiger partial charge >= 0.3 is 0 Å². The van der Waals surface area contributed by atoms with Gasteiger partial charge in [-0.2, -0.15) is 0 Å². The molecule has 4 atom stereocenters. The van der Waals surface area contributed by atoms with Crippen LogP contribution in [-0.2, 0) is 4.74 Å². The van der Waals surface area contributed by atoms with Crippen LogP contribution in [0.1, 0.15) is 37.8 Å². The predicted octanol–water partition coefficient (Wildman–Crippen LogP) is 2.47. The van der Waals surface area contributed by atoms with E-state index in [0.29, 0.717) is 12.1 Å². The summed E-state index contributed by atoms with van der Waals surface area (Å²) in [6.45, 7) is 3.64. The van der Waals surface area contributed by atoms with Crippen molar-refractivity contribution in [2.45, 2.75) is 50.4 Å². The fourth-order valence-electron chi connectivity index (χ4n) is 3.79. The molecule has 0 radical (unpaired) electrons. The number of halogens is 1. The van der Waals surface area contributed by atoms with Gasteiger partial charge in [-0.3, -0.25) is 4.90 Å². The van der Waals surface area contributed by atoms with Crippen LogP contribution in [0, 0.1) is 5.82 Å². The Hall–Kier alpha value is -0.970. The van der Waals surface area contributed by atoms with Gasteiger partial charge in [0.05, 0.1) is 18.8 Å². The Morgan fingerprint density at radius 1 is 1.40 bits per heavy atom. The van der Waals surface area contributed by atoms with Crippen molar-refractivity contribution in [1.29, 1.82) is 0 Å². The molecule has 1 aliphatic carbocycles. The fraction of sp³-hybridized carbons (Fsp3) is 0.625. The van der Waals surface area contributed by atoms with Crippen LogP contribution >= 0.6 is 0 Å². The standard InChI is InChI=1S/C16H23FN2O/c1-11(18)16(12-4-2-5-13(17)10-12)19-8-9-20-15-7-3-6-14(15)19/h2,4-5,10-11,14-16H,3,6-9,18H2,1H3. The molecule has 3 nitrogen and oxygen atoms in total. The Morgan fingerprint density at radius 3 is 3.00 bits per heavy atom. The van der Waals surface area contributed by atoms with Gasteiger partial charge in [0, 0.05) is 18.6 Å². The lowest BCUT2D eigenvalue weighted by molar-refractivity contribution is -0.0753. The first-order valence-electron chi connectivity index (χ1n) is 7.55. The number of benzene rings is 1. The predicted molar refractivity (Wildman–Crippen MR) is 76.9 cm³/mol. The molecule has 1 aromatic rings. The molecular formula is C16H23FN2O. The molecule has 110 valence electrons.